The number of aryl methyl sites for hydroxylation is 8. The number of thiazole rings is 2. The van der Waals surface area contributed by atoms with E-state index in [9.17, 15) is 5.26 Å². The molecule has 146 heavy (non-hydrogen) atoms. The van der Waals surface area contributed by atoms with Crippen molar-refractivity contribution in [2.75, 3.05) is 133 Å². The normalized spacial score (nSPS) is 10.6. The van der Waals surface area contributed by atoms with Crippen molar-refractivity contribution in [1.82, 2.24) is 9.78 Å². The Hall–Kier alpha value is -15.8. The quantitative estimate of drug-likeness (QED) is 0.0488. The van der Waals surface area contributed by atoms with Crippen LogP contribution < -0.4 is 65.9 Å². The van der Waals surface area contributed by atoms with Crippen LogP contribution in [0.3, 0.4) is 0 Å². The maximum atomic E-state index is 9.21. The van der Waals surface area contributed by atoms with E-state index in [2.05, 4.69) is 182 Å². The molecular formula is C111H150N31S4+7. The number of benzene rings is 10. The number of fused-ring (bicyclic) bond motifs is 3. The smallest absolute Gasteiger partial charge is 0.378 e. The van der Waals surface area contributed by atoms with E-state index >= 15 is 0 Å². The first kappa shape index (κ1) is 123. The second-order valence-corrected chi connectivity index (χ2v) is 37.0. The molecule has 0 saturated heterocycles. The Morgan fingerprint density at radius 2 is 0.699 bits per heavy atom. The van der Waals surface area contributed by atoms with Gasteiger partial charge in [0.15, 0.2) is 30.5 Å². The van der Waals surface area contributed by atoms with Gasteiger partial charge in [0.2, 0.25) is 10.5 Å². The number of rotatable bonds is 21. The van der Waals surface area contributed by atoms with Gasteiger partial charge in [-0.2, -0.15) is 15.1 Å². The molecule has 31 nitrogen and oxygen atoms in total. The van der Waals surface area contributed by atoms with Crippen LogP contribution in [0.5, 0.6) is 0 Å². The van der Waals surface area contributed by atoms with Crippen molar-refractivity contribution in [3.63, 3.8) is 0 Å². The highest BCUT2D eigenvalue weighted by molar-refractivity contribution is 7.13. The molecule has 0 atom stereocenters. The standard InChI is InChI=1S/2C18H19N4.C17H20N5.C14H16N5S.2C13H17N4S.C11H14N5S.7CH4/c1-21(2)16-11-9-15(10-12-16)19-20-18-13-8-14-6-4-5-7-17(14)22(18)3;1-21(2)15-10-8-14(9-11-15)19-20-17-12-13-22(3)18-7-5-4-6-16(17)18;1-20(2)14-11-9-13(10-12-14)18-19-17-15-7-5-6-8-16(15)21(3)22(17)4;1-10-9-20-14(19(10)4)17-16-13-6-5-12(18(2)3)7-11(13)8-15;1-10-9-18-13(17(10)4)15-14-11-5-7-12(8-6-11)16(2)3;1-10-9-13(18-17(10)4)15-14-11-5-7-12(8-6-11)16(2)3;1-15(2)10-6-4-9(5-7-10)13-14-11-16(3)12-8-17-11;;;;;;;/h2*4-13H,1-3H3;5-12H,1-4H3;5-7,9H,1-4H3;2*5-9H,1-4H3;4-8H,1-3H3;7*1H4/q7*+1;;;;;;;. The monoisotopic (exact) mass is 2050 g/mol. The van der Waals surface area contributed by atoms with E-state index < -0.39 is 0 Å². The van der Waals surface area contributed by atoms with Gasteiger partial charge >= 0.3 is 27.0 Å². The molecule has 0 aliphatic heterocycles. The number of nitrogens with zero attached hydrogens (tertiary/aromatic N) is 31. The zero-order valence-corrected chi connectivity index (χ0v) is 86.9. The summed E-state index contributed by atoms with van der Waals surface area (Å²) in [7, 11) is 43.9. The van der Waals surface area contributed by atoms with Gasteiger partial charge in [0, 0.05) is 193 Å². The summed E-state index contributed by atoms with van der Waals surface area (Å²) in [5, 5.41) is 84.2. The molecule has 0 N–H and O–H groups in total. The van der Waals surface area contributed by atoms with Crippen LogP contribution in [0.15, 0.2) is 355 Å². The second-order valence-electron chi connectivity index (χ2n) is 33.4. The molecule has 35 heteroatoms. The average molecular weight is 2050 g/mol. The van der Waals surface area contributed by atoms with E-state index in [1.54, 1.807) is 33.1 Å². The summed E-state index contributed by atoms with van der Waals surface area (Å²) in [6.07, 6.45) is 2.01. The van der Waals surface area contributed by atoms with Crippen molar-refractivity contribution < 1.29 is 31.6 Å². The summed E-state index contributed by atoms with van der Waals surface area (Å²) in [5.41, 5.74) is 23.7. The van der Waals surface area contributed by atoms with E-state index in [1.807, 2.05) is 420 Å². The summed E-state index contributed by atoms with van der Waals surface area (Å²) in [6, 6.07) is 88.5. The van der Waals surface area contributed by atoms with Crippen LogP contribution in [0.2, 0.25) is 0 Å². The third-order valence-corrected chi connectivity index (χ3v) is 25.7. The molecule has 7 heterocycles. The number of para-hydroxylation sites is 3. The van der Waals surface area contributed by atoms with Gasteiger partial charge in [0.25, 0.3) is 0 Å². The number of hydrogen-bond acceptors (Lipinski definition) is 27. The number of aromatic nitrogens is 9. The molecule has 7 aromatic heterocycles. The molecular weight excluding hydrogens is 1900 g/mol. The highest BCUT2D eigenvalue weighted by Crippen LogP contribution is 2.33. The fraction of sp³-hybridized carbons (Fsp3) is 0.288. The van der Waals surface area contributed by atoms with E-state index in [0.29, 0.717) is 11.3 Å². The van der Waals surface area contributed by atoms with Gasteiger partial charge in [-0.3, -0.25) is 0 Å². The Morgan fingerprint density at radius 3 is 1.10 bits per heavy atom. The zero-order chi connectivity index (χ0) is 99.9. The molecule has 0 fully saturated rings. The van der Waals surface area contributed by atoms with Crippen molar-refractivity contribution in [3.8, 4) is 6.07 Å². The van der Waals surface area contributed by atoms with Crippen LogP contribution in [-0.4, -0.2) is 108 Å². The van der Waals surface area contributed by atoms with Crippen LogP contribution in [0, 0.1) is 32.1 Å². The van der Waals surface area contributed by atoms with Gasteiger partial charge in [-0.05, 0) is 268 Å². The minimum atomic E-state index is 0. The Balaban J connectivity index is 0.000000353. The SMILES string of the molecule is C.C.C.C.C.C.C.CN(C)c1ccc(N=Nc2c3ccccc3n(C)[n+]2C)cc1.CN(C)c1ccc(N=Nc2cc[n+](C)c3ccccc23)cc1.CN(C)c1ccc(N=Nc2ccc3ccccc3[n+]2C)cc1.CN(C)c1ccc(N=Nc2scn[n+]2C)cc1.Cc1cc(N=Nc2ccc(N(C)C)cc2)s[n+]1C.Cc1csc(N=Nc2ccc(N(C)C)cc2)[n+]1C.Cc1csc(N=Nc2ccc(N(C)C)cc2C#N)[n+]1C. The summed E-state index contributed by atoms with van der Waals surface area (Å²) in [5.74, 6) is 1.69. The molecule has 766 valence electrons. The van der Waals surface area contributed by atoms with Crippen molar-refractivity contribution in [1.29, 1.82) is 5.26 Å². The summed E-state index contributed by atoms with van der Waals surface area (Å²) in [4.78, 5) is 14.3. The van der Waals surface area contributed by atoms with Crippen molar-refractivity contribution >= 4 is 196 Å². The Labute approximate surface area is 881 Å². The highest BCUT2D eigenvalue weighted by atomic mass is 32.1. The van der Waals surface area contributed by atoms with Crippen LogP contribution in [0.1, 0.15) is 74.6 Å². The molecule has 0 saturated carbocycles. The molecule has 0 amide bonds. The second kappa shape index (κ2) is 59.3. The molecule has 0 radical (unpaired) electrons. The predicted octanol–water partition coefficient (Wildman–Crippen LogP) is 28.6. The minimum absolute atomic E-state index is 0. The third-order valence-electron chi connectivity index (χ3n) is 22.0. The summed E-state index contributed by atoms with van der Waals surface area (Å²) in [6.45, 7) is 6.13. The maximum Gasteiger partial charge on any atom is 0.429 e. The lowest BCUT2D eigenvalue weighted by molar-refractivity contribution is -0.737. The number of hydrogen-bond donors (Lipinski definition) is 0. The lowest BCUT2D eigenvalue weighted by atomic mass is 10.1. The fourth-order valence-electron chi connectivity index (χ4n) is 13.0. The molecule has 0 aliphatic rings. The summed E-state index contributed by atoms with van der Waals surface area (Å²) < 4.78 is 16.0. The Bertz CT molecular complexity index is 7160. The topological polar surface area (TPSA) is 264 Å². The molecule has 0 unspecified atom stereocenters. The maximum absolute atomic E-state index is 9.21. The molecule has 10 aromatic carbocycles. The van der Waals surface area contributed by atoms with Crippen LogP contribution in [-0.2, 0) is 56.4 Å². The van der Waals surface area contributed by atoms with Gasteiger partial charge in [-0.25, -0.2) is 23.0 Å². The van der Waals surface area contributed by atoms with E-state index in [1.165, 1.54) is 39.4 Å². The third kappa shape index (κ3) is 34.5. The predicted molar refractivity (Wildman–Crippen MR) is 615 cm³/mol. The van der Waals surface area contributed by atoms with Crippen LogP contribution >= 0.6 is 45.5 Å². The van der Waals surface area contributed by atoms with Crippen molar-refractivity contribution in [3.05, 3.63) is 306 Å². The van der Waals surface area contributed by atoms with Gasteiger partial charge in [-0.15, -0.1) is 24.0 Å². The lowest BCUT2D eigenvalue weighted by Crippen LogP contribution is -2.36. The van der Waals surface area contributed by atoms with Crippen LogP contribution in [0.25, 0.3) is 32.7 Å². The lowest BCUT2D eigenvalue weighted by Gasteiger charge is -2.12. The van der Waals surface area contributed by atoms with Gasteiger partial charge < -0.3 is 34.3 Å². The van der Waals surface area contributed by atoms with Gasteiger partial charge in [0.1, 0.15) is 83.8 Å². The minimum Gasteiger partial charge on any atom is -0.378 e. The van der Waals surface area contributed by atoms with Gasteiger partial charge in [-0.1, -0.05) is 99.5 Å². The fourth-order valence-corrected chi connectivity index (χ4v) is 16.0. The first-order chi connectivity index (χ1) is 66.7. The van der Waals surface area contributed by atoms with Crippen LogP contribution in [0.4, 0.5) is 117 Å². The number of anilines is 7. The van der Waals surface area contributed by atoms with E-state index in [4.69, 9.17) is 0 Å². The molecule has 0 aliphatic carbocycles. The number of azo groups is 7. The number of nitriles is 1. The molecule has 17 rings (SSSR count). The van der Waals surface area contributed by atoms with E-state index in [-0.39, 0.29) is 52.0 Å². The Kier molecular flexibility index (Phi) is 49.8. The molecule has 17 aromatic rings. The first-order valence-electron chi connectivity index (χ1n) is 44.3. The number of pyridine rings is 2. The molecule has 0 bridgehead atoms. The average Bonchev–Trinajstić information content (AvgIpc) is 1.64. The summed E-state index contributed by atoms with van der Waals surface area (Å²) >= 11 is 6.18. The van der Waals surface area contributed by atoms with E-state index in [0.717, 1.165) is 145 Å². The van der Waals surface area contributed by atoms with Crippen molar-refractivity contribution in [2.24, 2.45) is 128 Å². The largest absolute Gasteiger partial charge is 0.429 e. The molecule has 0 spiro atoms. The van der Waals surface area contributed by atoms with Gasteiger partial charge in [0.05, 0.1) is 79.9 Å². The Morgan fingerprint density at radius 1 is 0.329 bits per heavy atom. The highest BCUT2D eigenvalue weighted by Gasteiger charge is 2.22. The zero-order valence-electron chi connectivity index (χ0n) is 83.6. The van der Waals surface area contributed by atoms with Crippen molar-refractivity contribution in [2.45, 2.75) is 72.8 Å². The first-order valence-corrected chi connectivity index (χ1v) is 47.7.